The summed E-state index contributed by atoms with van der Waals surface area (Å²) in [5.74, 6) is 0. The Hall–Kier alpha value is -0.850. The number of amides is 2. The fourth-order valence-electron chi connectivity index (χ4n) is 2.11. The fraction of sp³-hybridized carbons (Fsp3) is 0.917. The number of hydrogen-bond acceptors (Lipinski definition) is 4. The Morgan fingerprint density at radius 3 is 2.33 bits per heavy atom. The molecule has 18 heavy (non-hydrogen) atoms. The van der Waals surface area contributed by atoms with Crippen molar-refractivity contribution in [3.8, 4) is 0 Å². The van der Waals surface area contributed by atoms with Gasteiger partial charge in [0.05, 0.1) is 0 Å². The summed E-state index contributed by atoms with van der Waals surface area (Å²) in [6, 6.07) is 0.130. The van der Waals surface area contributed by atoms with E-state index in [4.69, 9.17) is 11.5 Å². The van der Waals surface area contributed by atoms with E-state index in [1.807, 2.05) is 9.80 Å². The Morgan fingerprint density at radius 1 is 0.944 bits per heavy atom. The van der Waals surface area contributed by atoms with E-state index in [9.17, 15) is 4.79 Å². The summed E-state index contributed by atoms with van der Waals surface area (Å²) in [4.78, 5) is 15.6. The number of unbranched alkanes of at least 4 members (excludes halogenated alkanes) is 2. The van der Waals surface area contributed by atoms with Gasteiger partial charge in [0.1, 0.15) is 0 Å². The minimum Gasteiger partial charge on any atom is -0.330 e. The number of carbonyl (C=O) groups excluding carboxylic acids is 1. The Kier molecular flexibility index (Phi) is 7.71. The maximum absolute atomic E-state index is 11.9. The van der Waals surface area contributed by atoms with Crippen molar-refractivity contribution < 1.29 is 4.79 Å². The zero-order valence-corrected chi connectivity index (χ0v) is 11.2. The van der Waals surface area contributed by atoms with Gasteiger partial charge in [-0.05, 0) is 25.9 Å². The van der Waals surface area contributed by atoms with E-state index in [1.165, 1.54) is 6.42 Å². The highest BCUT2D eigenvalue weighted by Crippen LogP contribution is 2.06. The highest BCUT2D eigenvalue weighted by molar-refractivity contribution is 5.76. The maximum Gasteiger partial charge on any atom is 0.320 e. The standard InChI is InChI=1S/C12H27N5O/c13-4-2-1-3-6-15-7-9-17-11-10-16(8-5-14)12(17)18/h15H,1-11,13-14H2. The quantitative estimate of drug-likeness (QED) is 0.456. The second-order valence-electron chi connectivity index (χ2n) is 4.64. The van der Waals surface area contributed by atoms with E-state index in [1.54, 1.807) is 0 Å². The first kappa shape index (κ1) is 15.2. The first-order chi connectivity index (χ1) is 8.79. The van der Waals surface area contributed by atoms with Crippen molar-refractivity contribution in [3.05, 3.63) is 0 Å². The van der Waals surface area contributed by atoms with Gasteiger partial charge in [-0.15, -0.1) is 0 Å². The summed E-state index contributed by atoms with van der Waals surface area (Å²) in [7, 11) is 0. The van der Waals surface area contributed by atoms with Crippen LogP contribution in [0.2, 0.25) is 0 Å². The summed E-state index contributed by atoms with van der Waals surface area (Å²) in [6.45, 7) is 6.29. The smallest absolute Gasteiger partial charge is 0.320 e. The summed E-state index contributed by atoms with van der Waals surface area (Å²) in [6.07, 6.45) is 3.43. The zero-order chi connectivity index (χ0) is 13.2. The SMILES string of the molecule is NCCCCCNCCN1CCN(CCN)C1=O. The second kappa shape index (κ2) is 9.13. The van der Waals surface area contributed by atoms with Gasteiger partial charge in [0.15, 0.2) is 0 Å². The zero-order valence-electron chi connectivity index (χ0n) is 11.2. The Morgan fingerprint density at radius 2 is 1.67 bits per heavy atom. The van der Waals surface area contributed by atoms with Crippen LogP contribution in [0.1, 0.15) is 19.3 Å². The first-order valence-corrected chi connectivity index (χ1v) is 6.94. The lowest BCUT2D eigenvalue weighted by Crippen LogP contribution is -2.38. The third-order valence-electron chi connectivity index (χ3n) is 3.20. The van der Waals surface area contributed by atoms with Crippen molar-refractivity contribution in [1.82, 2.24) is 15.1 Å². The molecule has 1 aliphatic rings. The number of urea groups is 1. The second-order valence-corrected chi connectivity index (χ2v) is 4.64. The lowest BCUT2D eigenvalue weighted by molar-refractivity contribution is 0.193. The van der Waals surface area contributed by atoms with Crippen molar-refractivity contribution in [2.24, 2.45) is 11.5 Å². The summed E-state index contributed by atoms with van der Waals surface area (Å²) in [5, 5.41) is 3.36. The molecule has 2 amide bonds. The van der Waals surface area contributed by atoms with Crippen LogP contribution < -0.4 is 16.8 Å². The fourth-order valence-corrected chi connectivity index (χ4v) is 2.11. The van der Waals surface area contributed by atoms with Crippen molar-refractivity contribution in [1.29, 1.82) is 0 Å². The number of carbonyl (C=O) groups is 1. The van der Waals surface area contributed by atoms with Crippen LogP contribution in [0.5, 0.6) is 0 Å². The molecule has 5 N–H and O–H groups in total. The predicted octanol–water partition coefficient (Wildman–Crippen LogP) is -0.599. The monoisotopic (exact) mass is 257 g/mol. The molecule has 106 valence electrons. The molecule has 0 aromatic carbocycles. The van der Waals surface area contributed by atoms with Gasteiger partial charge in [0.2, 0.25) is 0 Å². The molecule has 1 aliphatic heterocycles. The molecule has 0 aromatic heterocycles. The van der Waals surface area contributed by atoms with Gasteiger partial charge in [0.25, 0.3) is 0 Å². The summed E-state index contributed by atoms with van der Waals surface area (Å²) in [5.41, 5.74) is 10.9. The lowest BCUT2D eigenvalue weighted by Gasteiger charge is -2.18. The summed E-state index contributed by atoms with van der Waals surface area (Å²) < 4.78 is 0. The Bertz CT molecular complexity index is 237. The minimum atomic E-state index is 0.130. The van der Waals surface area contributed by atoms with Gasteiger partial charge in [-0.3, -0.25) is 0 Å². The molecule has 1 rings (SSSR count). The van der Waals surface area contributed by atoms with Crippen LogP contribution in [0.3, 0.4) is 0 Å². The van der Waals surface area contributed by atoms with Crippen molar-refractivity contribution in [3.63, 3.8) is 0 Å². The molecule has 0 bridgehead atoms. The normalized spacial score (nSPS) is 15.8. The number of hydrogen-bond donors (Lipinski definition) is 3. The molecule has 0 aliphatic carbocycles. The van der Waals surface area contributed by atoms with E-state index in [0.29, 0.717) is 13.1 Å². The van der Waals surface area contributed by atoms with Crippen LogP contribution in [-0.2, 0) is 0 Å². The van der Waals surface area contributed by atoms with E-state index in [0.717, 1.165) is 52.1 Å². The maximum atomic E-state index is 11.9. The Balaban J connectivity index is 2.01. The van der Waals surface area contributed by atoms with Crippen LogP contribution in [-0.4, -0.2) is 68.2 Å². The van der Waals surface area contributed by atoms with Crippen LogP contribution in [0.4, 0.5) is 4.79 Å². The van der Waals surface area contributed by atoms with Crippen LogP contribution in [0.25, 0.3) is 0 Å². The molecule has 0 radical (unpaired) electrons. The molecule has 0 atom stereocenters. The molecule has 1 saturated heterocycles. The van der Waals surface area contributed by atoms with E-state index in [2.05, 4.69) is 5.32 Å². The molecule has 0 spiro atoms. The number of nitrogens with two attached hydrogens (primary N) is 2. The van der Waals surface area contributed by atoms with Gasteiger partial charge < -0.3 is 26.6 Å². The predicted molar refractivity (Wildman–Crippen MR) is 73.4 cm³/mol. The van der Waals surface area contributed by atoms with Crippen LogP contribution in [0.15, 0.2) is 0 Å². The molecular weight excluding hydrogens is 230 g/mol. The number of rotatable bonds is 10. The molecule has 1 heterocycles. The van der Waals surface area contributed by atoms with Crippen molar-refractivity contribution in [2.75, 3.05) is 52.4 Å². The molecule has 0 unspecified atom stereocenters. The molecular formula is C12H27N5O. The highest BCUT2D eigenvalue weighted by Gasteiger charge is 2.26. The van der Waals surface area contributed by atoms with Crippen LogP contribution in [0, 0.1) is 0 Å². The summed E-state index contributed by atoms with van der Waals surface area (Å²) >= 11 is 0. The first-order valence-electron chi connectivity index (χ1n) is 6.94. The Labute approximate surface area is 110 Å². The van der Waals surface area contributed by atoms with Gasteiger partial charge in [-0.25, -0.2) is 4.79 Å². The van der Waals surface area contributed by atoms with E-state index >= 15 is 0 Å². The number of nitrogens with one attached hydrogen (secondary N) is 1. The third kappa shape index (κ3) is 5.20. The topological polar surface area (TPSA) is 87.6 Å². The highest BCUT2D eigenvalue weighted by atomic mass is 16.2. The molecule has 1 fully saturated rings. The van der Waals surface area contributed by atoms with Gasteiger partial charge >= 0.3 is 6.03 Å². The van der Waals surface area contributed by atoms with Crippen LogP contribution >= 0.6 is 0 Å². The van der Waals surface area contributed by atoms with Gasteiger partial charge in [0, 0.05) is 39.3 Å². The van der Waals surface area contributed by atoms with E-state index in [-0.39, 0.29) is 6.03 Å². The minimum absolute atomic E-state index is 0.130. The van der Waals surface area contributed by atoms with Gasteiger partial charge in [-0.2, -0.15) is 0 Å². The molecule has 0 aromatic rings. The number of nitrogens with zero attached hydrogens (tertiary/aromatic N) is 2. The molecule has 6 nitrogen and oxygen atoms in total. The largest absolute Gasteiger partial charge is 0.330 e. The van der Waals surface area contributed by atoms with E-state index < -0.39 is 0 Å². The molecule has 0 saturated carbocycles. The van der Waals surface area contributed by atoms with Crippen molar-refractivity contribution in [2.45, 2.75) is 19.3 Å². The third-order valence-corrected chi connectivity index (χ3v) is 3.20. The average Bonchev–Trinajstić information content (AvgIpc) is 2.71. The lowest BCUT2D eigenvalue weighted by atomic mass is 10.2. The molecule has 6 heteroatoms. The van der Waals surface area contributed by atoms with Gasteiger partial charge in [-0.1, -0.05) is 6.42 Å². The van der Waals surface area contributed by atoms with Crippen molar-refractivity contribution >= 4 is 6.03 Å². The average molecular weight is 257 g/mol.